The maximum atomic E-state index is 9.48. The second kappa shape index (κ2) is 8.28. The number of nitrogens with one attached hydrogen (secondary N) is 1. The SMILES string of the molecule is CCCCN(CCC(CO)NC1CC1)c1ccccc1. The summed E-state index contributed by atoms with van der Waals surface area (Å²) in [6, 6.07) is 11.5. The summed E-state index contributed by atoms with van der Waals surface area (Å²) in [6.45, 7) is 4.58. The maximum Gasteiger partial charge on any atom is 0.0585 e. The molecule has 1 fully saturated rings. The molecule has 2 N–H and O–H groups in total. The fourth-order valence-corrected chi connectivity index (χ4v) is 2.48. The Labute approximate surface area is 123 Å². The second-order valence-corrected chi connectivity index (χ2v) is 5.79. The molecule has 0 amide bonds. The molecule has 0 aliphatic heterocycles. The van der Waals surface area contributed by atoms with E-state index in [0.29, 0.717) is 6.04 Å². The number of hydrogen-bond donors (Lipinski definition) is 2. The molecule has 2 rings (SSSR count). The molecule has 20 heavy (non-hydrogen) atoms. The minimum Gasteiger partial charge on any atom is -0.395 e. The number of nitrogens with zero attached hydrogens (tertiary/aromatic N) is 1. The number of aliphatic hydroxyl groups excluding tert-OH is 1. The van der Waals surface area contributed by atoms with Gasteiger partial charge in [0.1, 0.15) is 0 Å². The fraction of sp³-hybridized carbons (Fsp3) is 0.647. The first-order valence-electron chi connectivity index (χ1n) is 8.00. The van der Waals surface area contributed by atoms with Crippen molar-refractivity contribution in [2.24, 2.45) is 0 Å². The van der Waals surface area contributed by atoms with Crippen LogP contribution in [-0.4, -0.2) is 36.9 Å². The summed E-state index contributed by atoms with van der Waals surface area (Å²) in [5.74, 6) is 0. The smallest absolute Gasteiger partial charge is 0.0585 e. The molecular weight excluding hydrogens is 248 g/mol. The van der Waals surface area contributed by atoms with E-state index in [9.17, 15) is 5.11 Å². The Morgan fingerprint density at radius 1 is 1.25 bits per heavy atom. The quantitative estimate of drug-likeness (QED) is 0.690. The molecule has 1 aromatic carbocycles. The molecule has 1 aromatic rings. The van der Waals surface area contributed by atoms with Gasteiger partial charge in [0.25, 0.3) is 0 Å². The highest BCUT2D eigenvalue weighted by Gasteiger charge is 2.24. The molecule has 0 bridgehead atoms. The summed E-state index contributed by atoms with van der Waals surface area (Å²) in [5.41, 5.74) is 1.30. The molecule has 3 heteroatoms. The lowest BCUT2D eigenvalue weighted by Gasteiger charge is -2.27. The van der Waals surface area contributed by atoms with Gasteiger partial charge in [-0.15, -0.1) is 0 Å². The summed E-state index contributed by atoms with van der Waals surface area (Å²) in [7, 11) is 0. The van der Waals surface area contributed by atoms with Gasteiger partial charge in [0.2, 0.25) is 0 Å². The molecule has 1 saturated carbocycles. The molecule has 1 aliphatic carbocycles. The highest BCUT2D eigenvalue weighted by molar-refractivity contribution is 5.45. The van der Waals surface area contributed by atoms with Gasteiger partial charge in [0.15, 0.2) is 0 Å². The van der Waals surface area contributed by atoms with Crippen LogP contribution in [0, 0.1) is 0 Å². The fourth-order valence-electron chi connectivity index (χ4n) is 2.48. The van der Waals surface area contributed by atoms with Crippen molar-refractivity contribution in [3.8, 4) is 0 Å². The monoisotopic (exact) mass is 276 g/mol. The Hall–Kier alpha value is -1.06. The highest BCUT2D eigenvalue weighted by atomic mass is 16.3. The molecule has 0 saturated heterocycles. The van der Waals surface area contributed by atoms with Crippen molar-refractivity contribution in [2.45, 2.75) is 51.1 Å². The minimum atomic E-state index is 0.243. The van der Waals surface area contributed by atoms with Gasteiger partial charge in [0, 0.05) is 30.9 Å². The van der Waals surface area contributed by atoms with Crippen LogP contribution in [0.2, 0.25) is 0 Å². The van der Waals surface area contributed by atoms with Crippen LogP contribution < -0.4 is 10.2 Å². The van der Waals surface area contributed by atoms with Gasteiger partial charge in [-0.1, -0.05) is 31.5 Å². The topological polar surface area (TPSA) is 35.5 Å². The van der Waals surface area contributed by atoms with Crippen LogP contribution in [-0.2, 0) is 0 Å². The molecule has 1 unspecified atom stereocenters. The van der Waals surface area contributed by atoms with Crippen molar-refractivity contribution in [1.82, 2.24) is 5.32 Å². The molecule has 0 spiro atoms. The predicted molar refractivity (Wildman–Crippen MR) is 85.2 cm³/mol. The summed E-state index contributed by atoms with van der Waals surface area (Å²) in [4.78, 5) is 2.45. The van der Waals surface area contributed by atoms with Gasteiger partial charge in [-0.25, -0.2) is 0 Å². The Morgan fingerprint density at radius 2 is 2.00 bits per heavy atom. The van der Waals surface area contributed by atoms with E-state index >= 15 is 0 Å². The highest BCUT2D eigenvalue weighted by Crippen LogP contribution is 2.20. The van der Waals surface area contributed by atoms with E-state index in [1.807, 2.05) is 0 Å². The zero-order valence-corrected chi connectivity index (χ0v) is 12.6. The molecule has 0 heterocycles. The first-order valence-corrected chi connectivity index (χ1v) is 8.00. The van der Waals surface area contributed by atoms with Crippen LogP contribution in [0.1, 0.15) is 39.0 Å². The lowest BCUT2D eigenvalue weighted by atomic mass is 10.1. The third-order valence-corrected chi connectivity index (χ3v) is 3.92. The van der Waals surface area contributed by atoms with Gasteiger partial charge < -0.3 is 15.3 Å². The molecular formula is C17H28N2O. The van der Waals surface area contributed by atoms with Gasteiger partial charge in [-0.2, -0.15) is 0 Å². The Balaban J connectivity index is 1.85. The molecule has 1 aliphatic rings. The average molecular weight is 276 g/mol. The van der Waals surface area contributed by atoms with Crippen molar-refractivity contribution >= 4 is 5.69 Å². The van der Waals surface area contributed by atoms with Crippen molar-refractivity contribution in [1.29, 1.82) is 0 Å². The van der Waals surface area contributed by atoms with E-state index in [1.54, 1.807) is 0 Å². The molecule has 112 valence electrons. The molecule has 0 aromatic heterocycles. The largest absolute Gasteiger partial charge is 0.395 e. The van der Waals surface area contributed by atoms with Crippen LogP contribution in [0.3, 0.4) is 0 Å². The lowest BCUT2D eigenvalue weighted by molar-refractivity contribution is 0.235. The summed E-state index contributed by atoms with van der Waals surface area (Å²) in [6.07, 6.45) is 5.98. The number of anilines is 1. The van der Waals surface area contributed by atoms with E-state index < -0.39 is 0 Å². The molecule has 1 atom stereocenters. The van der Waals surface area contributed by atoms with E-state index in [4.69, 9.17) is 0 Å². The van der Waals surface area contributed by atoms with Crippen LogP contribution >= 0.6 is 0 Å². The third-order valence-electron chi connectivity index (χ3n) is 3.92. The van der Waals surface area contributed by atoms with Gasteiger partial charge in [0.05, 0.1) is 6.61 Å². The number of benzene rings is 1. The zero-order chi connectivity index (χ0) is 14.2. The van der Waals surface area contributed by atoms with Gasteiger partial charge >= 0.3 is 0 Å². The van der Waals surface area contributed by atoms with Crippen molar-refractivity contribution in [3.63, 3.8) is 0 Å². The van der Waals surface area contributed by atoms with Crippen LogP contribution in [0.15, 0.2) is 30.3 Å². The van der Waals surface area contributed by atoms with Gasteiger partial charge in [-0.05, 0) is 37.8 Å². The molecule has 0 radical (unpaired) electrons. The predicted octanol–water partition coefficient (Wildman–Crippen LogP) is 2.80. The Morgan fingerprint density at radius 3 is 2.60 bits per heavy atom. The third kappa shape index (κ3) is 5.14. The Bertz CT molecular complexity index is 365. The van der Waals surface area contributed by atoms with Crippen LogP contribution in [0.5, 0.6) is 0 Å². The first kappa shape index (κ1) is 15.3. The number of para-hydroxylation sites is 1. The summed E-state index contributed by atoms with van der Waals surface area (Å²) in [5, 5.41) is 13.0. The number of unbranched alkanes of at least 4 members (excludes halogenated alkanes) is 1. The average Bonchev–Trinajstić information content (AvgIpc) is 3.31. The standard InChI is InChI=1S/C17H28N2O/c1-2-3-12-19(17-7-5-4-6-8-17)13-11-16(14-20)18-15-9-10-15/h4-8,15-16,18,20H,2-3,9-14H2,1H3. The number of aliphatic hydroxyl groups is 1. The lowest BCUT2D eigenvalue weighted by Crippen LogP contribution is -2.38. The minimum absolute atomic E-state index is 0.243. The van der Waals surface area contributed by atoms with Crippen molar-refractivity contribution < 1.29 is 5.11 Å². The van der Waals surface area contributed by atoms with E-state index in [0.717, 1.165) is 19.5 Å². The zero-order valence-electron chi connectivity index (χ0n) is 12.6. The molecule has 3 nitrogen and oxygen atoms in total. The van der Waals surface area contributed by atoms with Crippen LogP contribution in [0.4, 0.5) is 5.69 Å². The Kier molecular flexibility index (Phi) is 6.34. The maximum absolute atomic E-state index is 9.48. The second-order valence-electron chi connectivity index (χ2n) is 5.79. The first-order chi connectivity index (χ1) is 9.83. The van der Waals surface area contributed by atoms with E-state index in [2.05, 4.69) is 47.5 Å². The summed E-state index contributed by atoms with van der Waals surface area (Å²) >= 11 is 0. The van der Waals surface area contributed by atoms with Gasteiger partial charge in [-0.3, -0.25) is 0 Å². The van der Waals surface area contributed by atoms with Crippen molar-refractivity contribution in [2.75, 3.05) is 24.6 Å². The van der Waals surface area contributed by atoms with Crippen LogP contribution in [0.25, 0.3) is 0 Å². The summed E-state index contributed by atoms with van der Waals surface area (Å²) < 4.78 is 0. The van der Waals surface area contributed by atoms with E-state index in [-0.39, 0.29) is 12.6 Å². The van der Waals surface area contributed by atoms with Crippen molar-refractivity contribution in [3.05, 3.63) is 30.3 Å². The normalized spacial score (nSPS) is 16.1. The number of rotatable bonds is 10. The van der Waals surface area contributed by atoms with E-state index in [1.165, 1.54) is 31.4 Å². The number of hydrogen-bond acceptors (Lipinski definition) is 3.